The van der Waals surface area contributed by atoms with Crippen LogP contribution in [0.2, 0.25) is 0 Å². The van der Waals surface area contributed by atoms with Crippen molar-refractivity contribution in [2.75, 3.05) is 31.6 Å². The Balaban J connectivity index is 1.47. The minimum Gasteiger partial charge on any atom is -0.497 e. The van der Waals surface area contributed by atoms with Gasteiger partial charge in [0.15, 0.2) is 0 Å². The molecule has 2 aliphatic heterocycles. The first-order chi connectivity index (χ1) is 18.3. The lowest BCUT2D eigenvalue weighted by atomic mass is 9.86. The average molecular weight is 517 g/mol. The third kappa shape index (κ3) is 4.73. The lowest BCUT2D eigenvalue weighted by Gasteiger charge is -2.44. The molecule has 3 amide bonds. The highest BCUT2D eigenvalue weighted by atomic mass is 16.5. The van der Waals surface area contributed by atoms with Crippen molar-refractivity contribution in [3.05, 3.63) is 60.0 Å². The van der Waals surface area contributed by atoms with E-state index in [2.05, 4.69) is 17.1 Å². The zero-order chi connectivity index (χ0) is 26.9. The summed E-state index contributed by atoms with van der Waals surface area (Å²) >= 11 is 0. The van der Waals surface area contributed by atoms with E-state index < -0.39 is 0 Å². The van der Waals surface area contributed by atoms with E-state index in [9.17, 15) is 9.59 Å². The van der Waals surface area contributed by atoms with Crippen LogP contribution in [0, 0.1) is 5.92 Å². The fraction of sp³-hybridized carbons (Fsp3) is 0.448. The molecule has 0 unspecified atom stereocenters. The number of aryl methyl sites for hydroxylation is 1. The molecule has 1 aromatic carbocycles. The number of aromatic amines is 1. The number of hydrogen-bond acceptors (Lipinski definition) is 5. The summed E-state index contributed by atoms with van der Waals surface area (Å²) in [5.74, 6) is 1.56. The summed E-state index contributed by atoms with van der Waals surface area (Å²) in [5.41, 5.74) is 3.55. The van der Waals surface area contributed by atoms with Crippen molar-refractivity contribution >= 4 is 17.8 Å². The number of nitrogens with zero attached hydrogens (tertiary/aromatic N) is 5. The average Bonchev–Trinajstić information content (AvgIpc) is 3.56. The summed E-state index contributed by atoms with van der Waals surface area (Å²) in [6.07, 6.45) is 5.83. The highest BCUT2D eigenvalue weighted by molar-refractivity contribution is 5.95. The van der Waals surface area contributed by atoms with Crippen LogP contribution in [0.15, 0.2) is 48.8 Å². The molecule has 3 aromatic rings. The van der Waals surface area contributed by atoms with Crippen molar-refractivity contribution in [2.45, 2.75) is 52.1 Å². The second-order valence-corrected chi connectivity index (χ2v) is 10.5. The van der Waals surface area contributed by atoms with E-state index in [1.54, 1.807) is 13.3 Å². The molecule has 9 nitrogen and oxygen atoms in total. The zero-order valence-corrected chi connectivity index (χ0v) is 22.6. The summed E-state index contributed by atoms with van der Waals surface area (Å²) in [5, 5.41) is 6.94. The van der Waals surface area contributed by atoms with Crippen LogP contribution in [-0.2, 0) is 17.8 Å². The fourth-order valence-electron chi connectivity index (χ4n) is 5.67. The van der Waals surface area contributed by atoms with Crippen LogP contribution in [-0.4, -0.2) is 69.2 Å². The number of likely N-dealkylation sites (tertiary alicyclic amines) is 1. The van der Waals surface area contributed by atoms with Gasteiger partial charge >= 0.3 is 6.03 Å². The molecular weight excluding hydrogens is 480 g/mol. The van der Waals surface area contributed by atoms with Crippen molar-refractivity contribution in [3.8, 4) is 16.9 Å². The first kappa shape index (κ1) is 25.8. The molecule has 38 heavy (non-hydrogen) atoms. The number of urea groups is 1. The molecule has 4 heterocycles. The van der Waals surface area contributed by atoms with Crippen LogP contribution in [0.3, 0.4) is 0 Å². The van der Waals surface area contributed by atoms with E-state index in [1.807, 2.05) is 71.1 Å². The Morgan fingerprint density at radius 2 is 1.97 bits per heavy atom. The SMILES string of the molecule is CCc1nc(N2CC3(CCN(C(=O)C(C)C)CC3)N(Cc3cccc(OC)c3)C2=O)ccc1-c1cn[nH]c1. The van der Waals surface area contributed by atoms with Gasteiger partial charge in [0.1, 0.15) is 11.6 Å². The minimum absolute atomic E-state index is 0.0379. The second-order valence-electron chi connectivity index (χ2n) is 10.5. The molecule has 200 valence electrons. The van der Waals surface area contributed by atoms with Gasteiger partial charge in [0, 0.05) is 42.9 Å². The number of rotatable bonds is 7. The van der Waals surface area contributed by atoms with Crippen molar-refractivity contribution in [2.24, 2.45) is 5.92 Å². The van der Waals surface area contributed by atoms with Crippen LogP contribution < -0.4 is 9.64 Å². The largest absolute Gasteiger partial charge is 0.497 e. The van der Waals surface area contributed by atoms with Crippen LogP contribution in [0.1, 0.15) is 44.9 Å². The molecule has 5 rings (SSSR count). The van der Waals surface area contributed by atoms with Gasteiger partial charge in [-0.05, 0) is 49.1 Å². The Bertz CT molecular complexity index is 1300. The number of nitrogens with one attached hydrogen (secondary N) is 1. The number of H-pyrrole nitrogens is 1. The Labute approximate surface area is 223 Å². The van der Waals surface area contributed by atoms with E-state index in [4.69, 9.17) is 9.72 Å². The summed E-state index contributed by atoms with van der Waals surface area (Å²) in [6, 6.07) is 11.8. The van der Waals surface area contributed by atoms with Crippen LogP contribution >= 0.6 is 0 Å². The number of methoxy groups -OCH3 is 1. The molecule has 0 saturated carbocycles. The van der Waals surface area contributed by atoms with Crippen LogP contribution in [0.5, 0.6) is 5.75 Å². The molecular formula is C29H36N6O3. The van der Waals surface area contributed by atoms with Crippen LogP contribution in [0.25, 0.3) is 11.1 Å². The van der Waals surface area contributed by atoms with Crippen molar-refractivity contribution < 1.29 is 14.3 Å². The van der Waals surface area contributed by atoms with Gasteiger partial charge in [0.2, 0.25) is 5.91 Å². The first-order valence-electron chi connectivity index (χ1n) is 13.3. The number of pyridine rings is 1. The number of benzene rings is 1. The highest BCUT2D eigenvalue weighted by Gasteiger charge is 2.52. The van der Waals surface area contributed by atoms with Gasteiger partial charge in [-0.15, -0.1) is 0 Å². The topological polar surface area (TPSA) is 94.7 Å². The third-order valence-corrected chi connectivity index (χ3v) is 7.84. The molecule has 0 aliphatic carbocycles. The summed E-state index contributed by atoms with van der Waals surface area (Å²) in [7, 11) is 1.65. The number of carbonyl (C=O) groups is 2. The van der Waals surface area contributed by atoms with E-state index in [0.717, 1.165) is 47.4 Å². The minimum atomic E-state index is -0.384. The Kier molecular flexibility index (Phi) is 7.10. The van der Waals surface area contributed by atoms with Gasteiger partial charge in [0.05, 0.1) is 31.1 Å². The predicted molar refractivity (Wildman–Crippen MR) is 146 cm³/mol. The maximum atomic E-state index is 14.1. The van der Waals surface area contributed by atoms with E-state index in [1.165, 1.54) is 0 Å². The van der Waals surface area contributed by atoms with Gasteiger partial charge in [0.25, 0.3) is 0 Å². The maximum Gasteiger partial charge on any atom is 0.326 e. The van der Waals surface area contributed by atoms with Crippen molar-refractivity contribution in [1.29, 1.82) is 0 Å². The highest BCUT2D eigenvalue weighted by Crippen LogP contribution is 2.40. The first-order valence-corrected chi connectivity index (χ1v) is 13.3. The standard InChI is InChI=1S/C29H36N6O3/c1-5-25-24(22-16-30-31-17-22)9-10-26(32-25)34-19-29(11-13-33(14-12-29)27(36)20(2)3)35(28(34)37)18-21-7-6-8-23(15-21)38-4/h6-10,15-17,20H,5,11-14,18-19H2,1-4H3,(H,30,31). The third-order valence-electron chi connectivity index (χ3n) is 7.84. The summed E-state index contributed by atoms with van der Waals surface area (Å²) in [6.45, 7) is 8.23. The lowest BCUT2D eigenvalue weighted by molar-refractivity contribution is -0.136. The summed E-state index contributed by atoms with van der Waals surface area (Å²) in [4.78, 5) is 37.5. The molecule has 2 fully saturated rings. The predicted octanol–water partition coefficient (Wildman–Crippen LogP) is 4.50. The van der Waals surface area contributed by atoms with E-state index >= 15 is 0 Å². The number of anilines is 1. The molecule has 2 aromatic heterocycles. The van der Waals surface area contributed by atoms with Crippen molar-refractivity contribution in [3.63, 3.8) is 0 Å². The molecule has 0 radical (unpaired) electrons. The van der Waals surface area contributed by atoms with Gasteiger partial charge in [-0.25, -0.2) is 9.78 Å². The number of carbonyl (C=O) groups excluding carboxylic acids is 2. The lowest BCUT2D eigenvalue weighted by Crippen LogP contribution is -2.55. The molecule has 1 spiro atoms. The smallest absolute Gasteiger partial charge is 0.326 e. The maximum absolute atomic E-state index is 14.1. The number of piperidine rings is 1. The molecule has 0 atom stereocenters. The number of hydrogen-bond donors (Lipinski definition) is 1. The number of aromatic nitrogens is 3. The molecule has 1 N–H and O–H groups in total. The van der Waals surface area contributed by atoms with E-state index in [0.29, 0.717) is 32.0 Å². The summed E-state index contributed by atoms with van der Waals surface area (Å²) < 4.78 is 5.43. The molecule has 0 bridgehead atoms. The monoisotopic (exact) mass is 516 g/mol. The van der Waals surface area contributed by atoms with Gasteiger partial charge in [-0.2, -0.15) is 5.10 Å². The van der Waals surface area contributed by atoms with E-state index in [-0.39, 0.29) is 23.4 Å². The quantitative estimate of drug-likeness (QED) is 0.499. The normalized spacial score (nSPS) is 17.1. The number of ether oxygens (including phenoxy) is 1. The fourth-order valence-corrected chi connectivity index (χ4v) is 5.67. The number of amides is 3. The Morgan fingerprint density at radius 1 is 1.18 bits per heavy atom. The molecule has 2 aliphatic rings. The zero-order valence-electron chi connectivity index (χ0n) is 22.6. The second kappa shape index (κ2) is 10.5. The van der Waals surface area contributed by atoms with Gasteiger partial charge in [-0.3, -0.25) is 14.8 Å². The van der Waals surface area contributed by atoms with Crippen LogP contribution in [0.4, 0.5) is 10.6 Å². The molecule has 2 saturated heterocycles. The van der Waals surface area contributed by atoms with Gasteiger partial charge < -0.3 is 14.5 Å². The Hall–Kier alpha value is -3.88. The van der Waals surface area contributed by atoms with Gasteiger partial charge in [-0.1, -0.05) is 32.9 Å². The van der Waals surface area contributed by atoms with Crippen molar-refractivity contribution in [1.82, 2.24) is 25.0 Å². The molecule has 9 heteroatoms. The Morgan fingerprint density at radius 3 is 2.63 bits per heavy atom.